The highest BCUT2D eigenvalue weighted by Crippen LogP contribution is 2.17. The van der Waals surface area contributed by atoms with Crippen molar-refractivity contribution in [2.45, 2.75) is 13.0 Å². The molecular formula is C17H20ClN5O. The van der Waals surface area contributed by atoms with Gasteiger partial charge in [-0.05, 0) is 31.2 Å². The topological polar surface area (TPSA) is 61.4 Å². The minimum absolute atomic E-state index is 0.0262. The highest BCUT2D eigenvalue weighted by Gasteiger charge is 2.26. The van der Waals surface area contributed by atoms with E-state index in [2.05, 4.69) is 25.1 Å². The predicted molar refractivity (Wildman–Crippen MR) is 95.4 cm³/mol. The Labute approximate surface area is 146 Å². The van der Waals surface area contributed by atoms with E-state index in [1.165, 1.54) is 0 Å². The second kappa shape index (κ2) is 7.59. The van der Waals surface area contributed by atoms with Gasteiger partial charge in [-0.1, -0.05) is 17.7 Å². The molecule has 1 N–H and O–H groups in total. The summed E-state index contributed by atoms with van der Waals surface area (Å²) >= 11 is 5.95. The first kappa shape index (κ1) is 16.7. The van der Waals surface area contributed by atoms with Crippen LogP contribution in [0.5, 0.6) is 0 Å². The van der Waals surface area contributed by atoms with Crippen molar-refractivity contribution in [3.8, 4) is 0 Å². The number of carbonyl (C=O) groups is 1. The number of hydrogen-bond donors (Lipinski definition) is 1. The molecule has 7 heteroatoms. The van der Waals surface area contributed by atoms with Gasteiger partial charge in [0, 0.05) is 49.3 Å². The molecule has 1 aliphatic rings. The van der Waals surface area contributed by atoms with Crippen molar-refractivity contribution >= 4 is 29.1 Å². The molecule has 1 aromatic carbocycles. The van der Waals surface area contributed by atoms with Crippen LogP contribution in [0.15, 0.2) is 42.7 Å². The monoisotopic (exact) mass is 345 g/mol. The Hall–Kier alpha value is -2.18. The van der Waals surface area contributed by atoms with E-state index in [1.807, 2.05) is 25.1 Å². The van der Waals surface area contributed by atoms with Crippen LogP contribution in [0.2, 0.25) is 5.02 Å². The first-order chi connectivity index (χ1) is 11.6. The van der Waals surface area contributed by atoms with Gasteiger partial charge in [0.15, 0.2) is 0 Å². The fourth-order valence-corrected chi connectivity index (χ4v) is 2.93. The van der Waals surface area contributed by atoms with E-state index in [4.69, 9.17) is 11.6 Å². The lowest BCUT2D eigenvalue weighted by atomic mass is 10.2. The second-order valence-corrected chi connectivity index (χ2v) is 6.18. The Morgan fingerprint density at radius 2 is 1.88 bits per heavy atom. The molecule has 0 aliphatic carbocycles. The summed E-state index contributed by atoms with van der Waals surface area (Å²) in [4.78, 5) is 25.3. The molecule has 1 saturated heterocycles. The van der Waals surface area contributed by atoms with E-state index in [-0.39, 0.29) is 11.9 Å². The lowest BCUT2D eigenvalue weighted by molar-refractivity contribution is -0.120. The first-order valence-electron chi connectivity index (χ1n) is 7.96. The van der Waals surface area contributed by atoms with Crippen LogP contribution < -0.4 is 10.2 Å². The van der Waals surface area contributed by atoms with Crippen molar-refractivity contribution in [3.05, 3.63) is 47.7 Å². The summed E-state index contributed by atoms with van der Waals surface area (Å²) in [6.07, 6.45) is 3.49. The number of hydrogen-bond acceptors (Lipinski definition) is 5. The fraction of sp³-hybridized carbons (Fsp3) is 0.353. The number of amides is 1. The van der Waals surface area contributed by atoms with E-state index in [0.717, 1.165) is 37.8 Å². The molecule has 1 unspecified atom stereocenters. The van der Waals surface area contributed by atoms with Gasteiger partial charge >= 0.3 is 0 Å². The summed E-state index contributed by atoms with van der Waals surface area (Å²) < 4.78 is 0. The van der Waals surface area contributed by atoms with E-state index in [9.17, 15) is 4.79 Å². The Balaban J connectivity index is 1.55. The van der Waals surface area contributed by atoms with E-state index in [1.54, 1.807) is 24.5 Å². The summed E-state index contributed by atoms with van der Waals surface area (Å²) in [5.41, 5.74) is 0.718. The lowest BCUT2D eigenvalue weighted by Crippen LogP contribution is -2.53. The van der Waals surface area contributed by atoms with Gasteiger partial charge in [-0.15, -0.1) is 0 Å². The van der Waals surface area contributed by atoms with E-state index in [0.29, 0.717) is 5.02 Å². The van der Waals surface area contributed by atoms with Gasteiger partial charge < -0.3 is 10.2 Å². The molecule has 3 rings (SSSR count). The minimum atomic E-state index is -0.206. The van der Waals surface area contributed by atoms with Crippen LogP contribution in [0.1, 0.15) is 6.92 Å². The van der Waals surface area contributed by atoms with Gasteiger partial charge in [-0.2, -0.15) is 0 Å². The molecule has 0 spiro atoms. The minimum Gasteiger partial charge on any atom is -0.338 e. The first-order valence-corrected chi connectivity index (χ1v) is 8.34. The molecule has 2 aromatic rings. The summed E-state index contributed by atoms with van der Waals surface area (Å²) in [7, 11) is 0. The normalized spacial score (nSPS) is 16.7. The van der Waals surface area contributed by atoms with Gasteiger partial charge in [0.25, 0.3) is 0 Å². The van der Waals surface area contributed by atoms with Crippen LogP contribution in [-0.4, -0.2) is 53.0 Å². The molecule has 1 fully saturated rings. The third kappa shape index (κ3) is 4.01. The number of anilines is 2. The molecule has 1 aromatic heterocycles. The smallest absolute Gasteiger partial charge is 0.241 e. The highest BCUT2D eigenvalue weighted by molar-refractivity contribution is 6.30. The largest absolute Gasteiger partial charge is 0.338 e. The molecular weight excluding hydrogens is 326 g/mol. The highest BCUT2D eigenvalue weighted by atomic mass is 35.5. The third-order valence-corrected chi connectivity index (χ3v) is 4.40. The Kier molecular flexibility index (Phi) is 5.27. The van der Waals surface area contributed by atoms with E-state index >= 15 is 0 Å². The number of halogens is 1. The number of nitrogens with one attached hydrogen (secondary N) is 1. The molecule has 1 aliphatic heterocycles. The van der Waals surface area contributed by atoms with Crippen LogP contribution >= 0.6 is 11.6 Å². The number of carbonyl (C=O) groups excluding carboxylic acids is 1. The zero-order chi connectivity index (χ0) is 16.9. The molecule has 0 bridgehead atoms. The van der Waals surface area contributed by atoms with Crippen molar-refractivity contribution in [3.63, 3.8) is 0 Å². The van der Waals surface area contributed by atoms with Crippen LogP contribution in [0.3, 0.4) is 0 Å². The molecule has 1 amide bonds. The average molecular weight is 346 g/mol. The number of nitrogens with zero attached hydrogens (tertiary/aromatic N) is 4. The standard InChI is InChI=1S/C17H20ClN5O/c1-13(16(24)21-15-5-2-4-14(18)12-15)22-8-10-23(11-9-22)17-19-6-3-7-20-17/h2-7,12-13H,8-11H2,1H3,(H,21,24). The van der Waals surface area contributed by atoms with Crippen LogP contribution in [0.25, 0.3) is 0 Å². The van der Waals surface area contributed by atoms with Crippen molar-refractivity contribution in [1.82, 2.24) is 14.9 Å². The summed E-state index contributed by atoms with van der Waals surface area (Å²) in [6, 6.07) is 8.79. The average Bonchev–Trinajstić information content (AvgIpc) is 2.62. The maximum Gasteiger partial charge on any atom is 0.241 e. The summed E-state index contributed by atoms with van der Waals surface area (Å²) in [5, 5.41) is 3.53. The Morgan fingerprint density at radius 1 is 1.17 bits per heavy atom. The molecule has 0 saturated carbocycles. The van der Waals surface area contributed by atoms with Gasteiger partial charge in [-0.25, -0.2) is 9.97 Å². The summed E-state index contributed by atoms with van der Waals surface area (Å²) in [6.45, 7) is 5.12. The van der Waals surface area contributed by atoms with Gasteiger partial charge in [-0.3, -0.25) is 9.69 Å². The molecule has 6 nitrogen and oxygen atoms in total. The van der Waals surface area contributed by atoms with Crippen LogP contribution in [0.4, 0.5) is 11.6 Å². The molecule has 0 radical (unpaired) electrons. The van der Waals surface area contributed by atoms with Gasteiger partial charge in [0.05, 0.1) is 6.04 Å². The molecule has 126 valence electrons. The quantitative estimate of drug-likeness (QED) is 0.921. The van der Waals surface area contributed by atoms with E-state index < -0.39 is 0 Å². The van der Waals surface area contributed by atoms with Crippen molar-refractivity contribution < 1.29 is 4.79 Å². The van der Waals surface area contributed by atoms with Crippen LogP contribution in [-0.2, 0) is 4.79 Å². The van der Waals surface area contributed by atoms with Crippen molar-refractivity contribution in [2.75, 3.05) is 36.4 Å². The fourth-order valence-electron chi connectivity index (χ4n) is 2.74. The predicted octanol–water partition coefficient (Wildman–Crippen LogP) is 2.28. The Bertz CT molecular complexity index is 688. The van der Waals surface area contributed by atoms with Crippen molar-refractivity contribution in [2.24, 2.45) is 0 Å². The van der Waals surface area contributed by atoms with Gasteiger partial charge in [0.1, 0.15) is 0 Å². The zero-order valence-corrected chi connectivity index (χ0v) is 14.3. The number of rotatable bonds is 4. The van der Waals surface area contributed by atoms with Gasteiger partial charge in [0.2, 0.25) is 11.9 Å². The second-order valence-electron chi connectivity index (χ2n) is 5.75. The SMILES string of the molecule is CC(C(=O)Nc1cccc(Cl)c1)N1CCN(c2ncccn2)CC1. The third-order valence-electron chi connectivity index (χ3n) is 4.17. The molecule has 2 heterocycles. The number of aromatic nitrogens is 2. The Morgan fingerprint density at radius 3 is 2.54 bits per heavy atom. The maximum atomic E-state index is 12.4. The maximum absolute atomic E-state index is 12.4. The molecule has 24 heavy (non-hydrogen) atoms. The van der Waals surface area contributed by atoms with Crippen LogP contribution in [0, 0.1) is 0 Å². The number of piperazine rings is 1. The molecule has 1 atom stereocenters. The summed E-state index contributed by atoms with van der Waals surface area (Å²) in [5.74, 6) is 0.717. The van der Waals surface area contributed by atoms with Crippen molar-refractivity contribution in [1.29, 1.82) is 0 Å². The number of benzene rings is 1. The lowest BCUT2D eigenvalue weighted by Gasteiger charge is -2.37. The zero-order valence-electron chi connectivity index (χ0n) is 13.5.